The fourth-order valence-electron chi connectivity index (χ4n) is 2.35. The second-order valence-corrected chi connectivity index (χ2v) is 6.96. The average molecular weight is 468 g/mol. The third kappa shape index (κ3) is 6.91. The minimum atomic E-state index is -3.69. The summed E-state index contributed by atoms with van der Waals surface area (Å²) in [5.41, 5.74) is 0.783. The van der Waals surface area contributed by atoms with Crippen LogP contribution in [0.15, 0.2) is 34.2 Å². The Labute approximate surface area is 160 Å². The van der Waals surface area contributed by atoms with E-state index in [9.17, 15) is 8.42 Å². The maximum Gasteiger partial charge on any atom is 0.238 e. The third-order valence-electron chi connectivity index (χ3n) is 3.51. The highest BCUT2D eigenvalue weighted by Crippen LogP contribution is 2.11. The van der Waals surface area contributed by atoms with Crippen molar-refractivity contribution in [2.45, 2.75) is 37.3 Å². The van der Waals surface area contributed by atoms with Gasteiger partial charge in [0.2, 0.25) is 10.0 Å². The van der Waals surface area contributed by atoms with Crippen LogP contribution in [0.3, 0.4) is 0 Å². The number of hydrogen-bond donors (Lipinski definition) is 3. The molecule has 0 saturated carbocycles. The van der Waals surface area contributed by atoms with E-state index in [4.69, 9.17) is 9.88 Å². The van der Waals surface area contributed by atoms with E-state index in [0.29, 0.717) is 19.0 Å². The van der Waals surface area contributed by atoms with Crippen LogP contribution in [0.5, 0.6) is 0 Å². The molecule has 0 aromatic heterocycles. The van der Waals surface area contributed by atoms with Gasteiger partial charge in [0.05, 0.1) is 17.5 Å². The first kappa shape index (κ1) is 21.1. The van der Waals surface area contributed by atoms with E-state index in [0.717, 1.165) is 31.6 Å². The molecule has 1 unspecified atom stereocenters. The molecular weight excluding hydrogens is 443 g/mol. The van der Waals surface area contributed by atoms with Crippen molar-refractivity contribution in [3.8, 4) is 0 Å². The minimum absolute atomic E-state index is 0. The van der Waals surface area contributed by atoms with E-state index >= 15 is 0 Å². The van der Waals surface area contributed by atoms with Crippen molar-refractivity contribution in [3.05, 3.63) is 29.8 Å². The Balaban J connectivity index is 0.00000288. The molecule has 7 nitrogen and oxygen atoms in total. The molecule has 1 saturated heterocycles. The van der Waals surface area contributed by atoms with Gasteiger partial charge in [0.15, 0.2) is 5.96 Å². The molecule has 1 fully saturated rings. The SMILES string of the molecule is CCNC(=NCc1cccc(S(N)(=O)=O)c1)NCC1CCCO1.I. The zero-order valence-corrected chi connectivity index (χ0v) is 16.8. The number of guanidine groups is 1. The van der Waals surface area contributed by atoms with Gasteiger partial charge in [0.1, 0.15) is 0 Å². The molecule has 1 aliphatic heterocycles. The van der Waals surface area contributed by atoms with Crippen molar-refractivity contribution >= 4 is 40.0 Å². The Morgan fingerprint density at radius 1 is 1.42 bits per heavy atom. The molecule has 9 heteroatoms. The molecule has 0 amide bonds. The molecule has 2 rings (SSSR count). The summed E-state index contributed by atoms with van der Waals surface area (Å²) in [7, 11) is -3.69. The summed E-state index contributed by atoms with van der Waals surface area (Å²) in [5, 5.41) is 11.6. The van der Waals surface area contributed by atoms with Crippen molar-refractivity contribution in [2.24, 2.45) is 10.1 Å². The predicted octanol–water partition coefficient (Wildman–Crippen LogP) is 1.19. The molecule has 0 aliphatic carbocycles. The quantitative estimate of drug-likeness (QED) is 0.331. The summed E-state index contributed by atoms with van der Waals surface area (Å²) in [6.45, 7) is 4.63. The highest BCUT2D eigenvalue weighted by molar-refractivity contribution is 14.0. The number of sulfonamides is 1. The van der Waals surface area contributed by atoms with E-state index in [-0.39, 0.29) is 35.0 Å². The molecule has 24 heavy (non-hydrogen) atoms. The van der Waals surface area contributed by atoms with E-state index in [2.05, 4.69) is 15.6 Å². The largest absolute Gasteiger partial charge is 0.376 e. The molecule has 0 radical (unpaired) electrons. The van der Waals surface area contributed by atoms with Gasteiger partial charge in [-0.1, -0.05) is 12.1 Å². The number of nitrogens with two attached hydrogens (primary N) is 1. The van der Waals surface area contributed by atoms with Crippen molar-refractivity contribution in [3.63, 3.8) is 0 Å². The van der Waals surface area contributed by atoms with E-state index in [1.54, 1.807) is 12.1 Å². The van der Waals surface area contributed by atoms with Gasteiger partial charge in [-0.3, -0.25) is 0 Å². The monoisotopic (exact) mass is 468 g/mol. The maximum absolute atomic E-state index is 11.4. The van der Waals surface area contributed by atoms with E-state index in [1.807, 2.05) is 13.0 Å². The van der Waals surface area contributed by atoms with Crippen LogP contribution in [0.1, 0.15) is 25.3 Å². The molecule has 1 aromatic carbocycles. The van der Waals surface area contributed by atoms with Crippen LogP contribution in [0, 0.1) is 0 Å². The highest BCUT2D eigenvalue weighted by Gasteiger charge is 2.15. The van der Waals surface area contributed by atoms with Crippen LogP contribution in [0.2, 0.25) is 0 Å². The van der Waals surface area contributed by atoms with Gasteiger partial charge in [0.25, 0.3) is 0 Å². The van der Waals surface area contributed by atoms with Crippen molar-refractivity contribution in [1.29, 1.82) is 0 Å². The number of ether oxygens (including phenoxy) is 1. The lowest BCUT2D eigenvalue weighted by atomic mass is 10.2. The lowest BCUT2D eigenvalue weighted by Gasteiger charge is -2.14. The van der Waals surface area contributed by atoms with E-state index in [1.165, 1.54) is 6.07 Å². The van der Waals surface area contributed by atoms with Crippen LogP contribution in [0.4, 0.5) is 0 Å². The van der Waals surface area contributed by atoms with Crippen molar-refractivity contribution in [2.75, 3.05) is 19.7 Å². The van der Waals surface area contributed by atoms with Crippen LogP contribution >= 0.6 is 24.0 Å². The average Bonchev–Trinajstić information content (AvgIpc) is 3.03. The molecule has 0 spiro atoms. The van der Waals surface area contributed by atoms with Crippen molar-refractivity contribution in [1.82, 2.24) is 10.6 Å². The first-order valence-electron chi connectivity index (χ1n) is 7.74. The van der Waals surface area contributed by atoms with Crippen LogP contribution in [-0.4, -0.2) is 40.2 Å². The molecule has 1 aliphatic rings. The maximum atomic E-state index is 11.4. The Morgan fingerprint density at radius 3 is 2.83 bits per heavy atom. The first-order chi connectivity index (χ1) is 11.0. The number of primary sulfonamides is 1. The van der Waals surface area contributed by atoms with Gasteiger partial charge in [-0.15, -0.1) is 24.0 Å². The number of nitrogens with zero attached hydrogens (tertiary/aromatic N) is 1. The van der Waals surface area contributed by atoms with Crippen LogP contribution in [-0.2, 0) is 21.3 Å². The summed E-state index contributed by atoms with van der Waals surface area (Å²) < 4.78 is 28.3. The fourth-order valence-corrected chi connectivity index (χ4v) is 2.93. The highest BCUT2D eigenvalue weighted by atomic mass is 127. The molecular formula is C15H25IN4O3S. The van der Waals surface area contributed by atoms with Crippen molar-refractivity contribution < 1.29 is 13.2 Å². The zero-order valence-electron chi connectivity index (χ0n) is 13.7. The fraction of sp³-hybridized carbons (Fsp3) is 0.533. The lowest BCUT2D eigenvalue weighted by Crippen LogP contribution is -2.41. The summed E-state index contributed by atoms with van der Waals surface area (Å²) in [4.78, 5) is 4.57. The summed E-state index contributed by atoms with van der Waals surface area (Å²) in [6.07, 6.45) is 2.38. The summed E-state index contributed by atoms with van der Waals surface area (Å²) in [6, 6.07) is 6.51. The van der Waals surface area contributed by atoms with E-state index < -0.39 is 10.0 Å². The van der Waals surface area contributed by atoms with Gasteiger partial charge < -0.3 is 15.4 Å². The van der Waals surface area contributed by atoms with Gasteiger partial charge in [-0.25, -0.2) is 18.5 Å². The third-order valence-corrected chi connectivity index (χ3v) is 4.42. The summed E-state index contributed by atoms with van der Waals surface area (Å²) >= 11 is 0. The standard InChI is InChI=1S/C15H24N4O3S.HI/c1-2-17-15(19-11-13-6-4-8-22-13)18-10-12-5-3-7-14(9-12)23(16,20)21;/h3,5,7,9,13H,2,4,6,8,10-11H2,1H3,(H2,16,20,21)(H2,17,18,19);1H. The van der Waals surface area contributed by atoms with Gasteiger partial charge in [-0.2, -0.15) is 0 Å². The molecule has 1 aromatic rings. The Kier molecular flexibility index (Phi) is 8.95. The Morgan fingerprint density at radius 2 is 2.21 bits per heavy atom. The number of hydrogen-bond acceptors (Lipinski definition) is 4. The smallest absolute Gasteiger partial charge is 0.238 e. The zero-order chi connectivity index (χ0) is 16.7. The molecule has 1 heterocycles. The molecule has 0 bridgehead atoms. The number of aliphatic imine (C=N–C) groups is 1. The van der Waals surface area contributed by atoms with Gasteiger partial charge in [0, 0.05) is 19.7 Å². The second-order valence-electron chi connectivity index (χ2n) is 5.40. The lowest BCUT2D eigenvalue weighted by molar-refractivity contribution is 0.114. The molecule has 1 atom stereocenters. The summed E-state index contributed by atoms with van der Waals surface area (Å²) in [5.74, 6) is 0.684. The Hall–Kier alpha value is -0.910. The first-order valence-corrected chi connectivity index (χ1v) is 9.29. The van der Waals surface area contributed by atoms with Crippen LogP contribution in [0.25, 0.3) is 0 Å². The Bertz CT molecular complexity index is 646. The number of benzene rings is 1. The number of nitrogens with one attached hydrogen (secondary N) is 2. The van der Waals surface area contributed by atoms with Crippen LogP contribution < -0.4 is 15.8 Å². The molecule has 4 N–H and O–H groups in total. The van der Waals surface area contributed by atoms with Gasteiger partial charge >= 0.3 is 0 Å². The normalized spacial score (nSPS) is 18.1. The van der Waals surface area contributed by atoms with Gasteiger partial charge in [-0.05, 0) is 37.5 Å². The topological polar surface area (TPSA) is 106 Å². The predicted molar refractivity (Wildman–Crippen MR) is 105 cm³/mol. The second kappa shape index (κ2) is 10.2. The minimum Gasteiger partial charge on any atom is -0.376 e. The molecule has 136 valence electrons. The number of rotatable bonds is 6. The number of halogens is 1.